The summed E-state index contributed by atoms with van der Waals surface area (Å²) >= 11 is 0. The third kappa shape index (κ3) is 3.17. The second-order valence-corrected chi connectivity index (χ2v) is 5.93. The molecule has 0 saturated carbocycles. The first-order chi connectivity index (χ1) is 12.4. The van der Waals surface area contributed by atoms with E-state index < -0.39 is 16.7 Å². The molecule has 0 bridgehead atoms. The van der Waals surface area contributed by atoms with E-state index in [1.54, 1.807) is 25.1 Å². The minimum atomic E-state index is -0.790. The fraction of sp³-hybridized carbons (Fsp3) is 0.278. The Morgan fingerprint density at radius 1 is 1.42 bits per heavy atom. The van der Waals surface area contributed by atoms with E-state index in [4.69, 9.17) is 4.74 Å². The summed E-state index contributed by atoms with van der Waals surface area (Å²) in [4.78, 5) is 22.6. The zero-order chi connectivity index (χ0) is 18.8. The normalized spacial score (nSPS) is 15.6. The van der Waals surface area contributed by atoms with Crippen LogP contribution in [-0.4, -0.2) is 24.6 Å². The highest BCUT2D eigenvalue weighted by Gasteiger charge is 2.27. The number of carbonyl (C=O) groups is 1. The van der Waals surface area contributed by atoms with Crippen molar-refractivity contribution < 1.29 is 23.6 Å². The molecule has 26 heavy (non-hydrogen) atoms. The van der Waals surface area contributed by atoms with E-state index in [2.05, 4.69) is 10.1 Å². The standard InChI is InChI=1S/C18H17FN2O5/c1-10-8-11(9-13(18(22)25-2)16(10)21(23)24)20-15-6-7-26-17-12(15)4-3-5-14(17)19/h3-5,8-9,15,20H,6-7H2,1-2H3/t15-/m0/s1. The fourth-order valence-electron chi connectivity index (χ4n) is 3.11. The number of methoxy groups -OCH3 is 1. The molecule has 1 heterocycles. The van der Waals surface area contributed by atoms with Crippen LogP contribution in [0.5, 0.6) is 5.75 Å². The number of nitro benzene ring substituents is 1. The van der Waals surface area contributed by atoms with Gasteiger partial charge >= 0.3 is 5.97 Å². The summed E-state index contributed by atoms with van der Waals surface area (Å²) < 4.78 is 24.0. The number of nitrogens with one attached hydrogen (secondary N) is 1. The number of anilines is 1. The Balaban J connectivity index is 2.00. The lowest BCUT2D eigenvalue weighted by Crippen LogP contribution is -2.21. The van der Waals surface area contributed by atoms with Crippen molar-refractivity contribution in [3.63, 3.8) is 0 Å². The maximum atomic E-state index is 13.9. The minimum absolute atomic E-state index is 0.133. The number of hydrogen-bond acceptors (Lipinski definition) is 6. The highest BCUT2D eigenvalue weighted by atomic mass is 19.1. The SMILES string of the molecule is COC(=O)c1cc(N[C@H]2CCOc3c(F)cccc32)cc(C)c1[N+](=O)[O-]. The molecule has 2 aromatic carbocycles. The molecule has 2 aromatic rings. The van der Waals surface area contributed by atoms with E-state index in [0.717, 1.165) is 0 Å². The van der Waals surface area contributed by atoms with Gasteiger partial charge in [-0.1, -0.05) is 12.1 Å². The largest absolute Gasteiger partial charge is 0.490 e. The van der Waals surface area contributed by atoms with Crippen LogP contribution in [0.3, 0.4) is 0 Å². The van der Waals surface area contributed by atoms with E-state index in [-0.39, 0.29) is 23.0 Å². The first kappa shape index (κ1) is 17.7. The highest BCUT2D eigenvalue weighted by Crippen LogP contribution is 2.37. The second kappa shape index (κ2) is 6.99. The van der Waals surface area contributed by atoms with Gasteiger partial charge in [0.05, 0.1) is 24.7 Å². The Morgan fingerprint density at radius 3 is 2.88 bits per heavy atom. The number of para-hydroxylation sites is 1. The minimum Gasteiger partial charge on any atom is -0.490 e. The molecule has 0 fully saturated rings. The number of hydrogen-bond donors (Lipinski definition) is 1. The van der Waals surface area contributed by atoms with E-state index in [9.17, 15) is 19.3 Å². The van der Waals surface area contributed by atoms with Gasteiger partial charge in [-0.05, 0) is 25.1 Å². The predicted molar refractivity (Wildman–Crippen MR) is 92.0 cm³/mol. The molecule has 0 aliphatic carbocycles. The predicted octanol–water partition coefficient (Wildman–Crippen LogP) is 3.76. The molecule has 0 unspecified atom stereocenters. The molecule has 0 radical (unpaired) electrons. The van der Waals surface area contributed by atoms with Gasteiger partial charge in [0.2, 0.25) is 0 Å². The Morgan fingerprint density at radius 2 is 2.19 bits per heavy atom. The molecule has 0 spiro atoms. The molecule has 7 nitrogen and oxygen atoms in total. The molecule has 0 amide bonds. The topological polar surface area (TPSA) is 90.7 Å². The monoisotopic (exact) mass is 360 g/mol. The molecular formula is C18H17FN2O5. The number of carbonyl (C=O) groups excluding carboxylic acids is 1. The zero-order valence-corrected chi connectivity index (χ0v) is 14.2. The maximum absolute atomic E-state index is 13.9. The van der Waals surface area contributed by atoms with Gasteiger partial charge in [0.1, 0.15) is 5.56 Å². The second-order valence-electron chi connectivity index (χ2n) is 5.93. The van der Waals surface area contributed by atoms with Crippen molar-refractivity contribution in [2.75, 3.05) is 19.0 Å². The van der Waals surface area contributed by atoms with Crippen molar-refractivity contribution in [3.05, 3.63) is 63.0 Å². The summed E-state index contributed by atoms with van der Waals surface area (Å²) in [5.41, 5.74) is 1.07. The van der Waals surface area contributed by atoms with Crippen LogP contribution in [0.4, 0.5) is 15.8 Å². The summed E-state index contributed by atoms with van der Waals surface area (Å²) in [6, 6.07) is 7.39. The highest BCUT2D eigenvalue weighted by molar-refractivity contribution is 5.95. The van der Waals surface area contributed by atoms with Gasteiger partial charge in [0.15, 0.2) is 11.6 Å². The third-order valence-corrected chi connectivity index (χ3v) is 4.26. The fourth-order valence-corrected chi connectivity index (χ4v) is 3.11. The number of benzene rings is 2. The van der Waals surface area contributed by atoms with Crippen molar-refractivity contribution in [1.29, 1.82) is 0 Å². The number of ether oxygens (including phenoxy) is 2. The summed E-state index contributed by atoms with van der Waals surface area (Å²) in [6.07, 6.45) is 0.583. The number of nitrogens with zero attached hydrogens (tertiary/aromatic N) is 1. The number of nitro groups is 1. The maximum Gasteiger partial charge on any atom is 0.344 e. The van der Waals surface area contributed by atoms with E-state index in [1.807, 2.05) is 0 Å². The van der Waals surface area contributed by atoms with Crippen LogP contribution in [0.1, 0.15) is 33.9 Å². The molecule has 0 saturated heterocycles. The molecule has 0 aromatic heterocycles. The van der Waals surface area contributed by atoms with Crippen LogP contribution in [-0.2, 0) is 4.74 Å². The molecule has 8 heteroatoms. The molecule has 136 valence electrons. The average molecular weight is 360 g/mol. The number of fused-ring (bicyclic) bond motifs is 1. The van der Waals surface area contributed by atoms with Gasteiger partial charge in [-0.15, -0.1) is 0 Å². The quantitative estimate of drug-likeness (QED) is 0.507. The summed E-state index contributed by atoms with van der Waals surface area (Å²) in [7, 11) is 1.17. The van der Waals surface area contributed by atoms with Crippen LogP contribution in [0.2, 0.25) is 0 Å². The van der Waals surface area contributed by atoms with Crippen LogP contribution in [0, 0.1) is 22.9 Å². The molecular weight excluding hydrogens is 343 g/mol. The molecule has 1 atom stereocenters. The van der Waals surface area contributed by atoms with E-state index in [1.165, 1.54) is 19.2 Å². The summed E-state index contributed by atoms with van der Waals surface area (Å²) in [6.45, 7) is 1.88. The molecule has 1 N–H and O–H groups in total. The lowest BCUT2D eigenvalue weighted by Gasteiger charge is -2.28. The zero-order valence-electron chi connectivity index (χ0n) is 14.2. The van der Waals surface area contributed by atoms with Gasteiger partial charge in [-0.2, -0.15) is 0 Å². The first-order valence-corrected chi connectivity index (χ1v) is 7.97. The van der Waals surface area contributed by atoms with E-state index in [0.29, 0.717) is 29.8 Å². The summed E-state index contributed by atoms with van der Waals surface area (Å²) in [5, 5.41) is 14.5. The van der Waals surface area contributed by atoms with Gasteiger partial charge < -0.3 is 14.8 Å². The lowest BCUT2D eigenvalue weighted by molar-refractivity contribution is -0.385. The molecule has 1 aliphatic rings. The Hall–Kier alpha value is -3.16. The number of rotatable bonds is 4. The summed E-state index contributed by atoms with van der Waals surface area (Å²) in [5.74, 6) is -1.03. The first-order valence-electron chi connectivity index (χ1n) is 7.97. The van der Waals surface area contributed by atoms with Crippen LogP contribution in [0.25, 0.3) is 0 Å². The van der Waals surface area contributed by atoms with Gasteiger partial charge in [-0.25, -0.2) is 9.18 Å². The van der Waals surface area contributed by atoms with Gasteiger partial charge in [0, 0.05) is 23.2 Å². The number of aryl methyl sites for hydroxylation is 1. The lowest BCUT2D eigenvalue weighted by atomic mass is 9.99. The average Bonchev–Trinajstić information content (AvgIpc) is 2.61. The Kier molecular flexibility index (Phi) is 4.75. The number of esters is 1. The Bertz CT molecular complexity index is 884. The van der Waals surface area contributed by atoms with Crippen molar-refractivity contribution in [3.8, 4) is 5.75 Å². The third-order valence-electron chi connectivity index (χ3n) is 4.26. The van der Waals surface area contributed by atoms with Crippen molar-refractivity contribution in [1.82, 2.24) is 0 Å². The smallest absolute Gasteiger partial charge is 0.344 e. The van der Waals surface area contributed by atoms with Crippen molar-refractivity contribution >= 4 is 17.3 Å². The van der Waals surface area contributed by atoms with Crippen molar-refractivity contribution in [2.45, 2.75) is 19.4 Å². The van der Waals surface area contributed by atoms with Crippen LogP contribution >= 0.6 is 0 Å². The van der Waals surface area contributed by atoms with Crippen LogP contribution in [0.15, 0.2) is 30.3 Å². The van der Waals surface area contributed by atoms with Gasteiger partial charge in [0.25, 0.3) is 5.69 Å². The number of halogens is 1. The molecule has 3 rings (SSSR count). The van der Waals surface area contributed by atoms with Crippen LogP contribution < -0.4 is 10.1 Å². The van der Waals surface area contributed by atoms with E-state index >= 15 is 0 Å². The molecule has 1 aliphatic heterocycles. The van der Waals surface area contributed by atoms with Gasteiger partial charge in [-0.3, -0.25) is 10.1 Å². The Labute approximate surface area is 148 Å². The van der Waals surface area contributed by atoms with Crippen molar-refractivity contribution in [2.24, 2.45) is 0 Å².